The van der Waals surface area contributed by atoms with Crippen molar-refractivity contribution in [2.24, 2.45) is 35.5 Å². The van der Waals surface area contributed by atoms with Crippen molar-refractivity contribution in [2.45, 2.75) is 37.9 Å². The first kappa shape index (κ1) is 22.1. The molecule has 32 heavy (non-hydrogen) atoms. The van der Waals surface area contributed by atoms with Gasteiger partial charge in [-0.2, -0.15) is 0 Å². The largest absolute Gasteiger partial charge is 0.463 e. The van der Waals surface area contributed by atoms with Gasteiger partial charge in [-0.1, -0.05) is 24.3 Å². The highest BCUT2D eigenvalue weighted by Crippen LogP contribution is 2.44. The van der Waals surface area contributed by atoms with Crippen LogP contribution in [0.2, 0.25) is 0 Å². The predicted molar refractivity (Wildman–Crippen MR) is 111 cm³/mol. The number of hydrogen-bond donors (Lipinski definition) is 0. The molecule has 0 aromatic heterocycles. The minimum absolute atomic E-state index is 0.0626. The predicted octanol–water partition coefficient (Wildman–Crippen LogP) is 2.23. The molecule has 4 fully saturated rings. The van der Waals surface area contributed by atoms with Gasteiger partial charge in [-0.05, 0) is 49.4 Å². The number of ether oxygens (including phenoxy) is 6. The molecule has 0 aromatic carbocycles. The van der Waals surface area contributed by atoms with Gasteiger partial charge in [-0.15, -0.1) is 0 Å². The van der Waals surface area contributed by atoms with Crippen LogP contribution in [0.25, 0.3) is 0 Å². The third-order valence-electron chi connectivity index (χ3n) is 7.32. The maximum Gasteiger partial charge on any atom is 0.309 e. The lowest BCUT2D eigenvalue weighted by Crippen LogP contribution is -2.36. The number of esters is 2. The summed E-state index contributed by atoms with van der Waals surface area (Å²) in [7, 11) is 0. The summed E-state index contributed by atoms with van der Waals surface area (Å²) in [6.07, 6.45) is 12.6. The minimum atomic E-state index is -0.218. The summed E-state index contributed by atoms with van der Waals surface area (Å²) in [5, 5.41) is 0. The van der Waals surface area contributed by atoms with Crippen LogP contribution in [0.5, 0.6) is 0 Å². The molecule has 0 spiro atoms. The van der Waals surface area contributed by atoms with Gasteiger partial charge in [0.25, 0.3) is 0 Å². The first-order chi connectivity index (χ1) is 15.7. The summed E-state index contributed by atoms with van der Waals surface area (Å²) in [5.74, 6) is 2.04. The number of carbonyl (C=O) groups is 2. The molecule has 6 aliphatic rings. The molecule has 2 aliphatic heterocycles. The maximum atomic E-state index is 11.9. The van der Waals surface area contributed by atoms with Crippen molar-refractivity contribution in [3.05, 3.63) is 24.3 Å². The van der Waals surface area contributed by atoms with E-state index in [4.69, 9.17) is 28.4 Å². The van der Waals surface area contributed by atoms with Crippen molar-refractivity contribution < 1.29 is 38.0 Å². The lowest BCUT2D eigenvalue weighted by molar-refractivity contribution is -0.187. The average molecular weight is 449 g/mol. The Labute approximate surface area is 188 Å². The number of rotatable bonds is 5. The molecule has 0 N–H and O–H groups in total. The molecule has 0 aromatic rings. The molecule has 7 unspecified atom stereocenters. The van der Waals surface area contributed by atoms with E-state index in [2.05, 4.69) is 24.3 Å². The summed E-state index contributed by atoms with van der Waals surface area (Å²) < 4.78 is 31.1. The summed E-state index contributed by atoms with van der Waals surface area (Å²) in [6, 6.07) is 0. The fraction of sp³-hybridized carbons (Fsp3) is 0.750. The van der Waals surface area contributed by atoms with Crippen molar-refractivity contribution in [2.75, 3.05) is 40.0 Å². The van der Waals surface area contributed by atoms with Gasteiger partial charge in [0.1, 0.15) is 32.4 Å². The van der Waals surface area contributed by atoms with Gasteiger partial charge in [0.15, 0.2) is 0 Å². The standard InChI is InChI=1S/2C12H16O4/c13-12(15-6-10-5-14-7-16-10)11-4-8-1-2-9(11)3-8;13-12(16-10-5-14-7-15-6-10)11-4-8-1-2-9(11)3-8/h2*1-2,8-11H,3-7H2. The third-order valence-corrected chi connectivity index (χ3v) is 7.32. The fourth-order valence-corrected chi connectivity index (χ4v) is 5.64. The SMILES string of the molecule is O=C(OC1COCOC1)C1CC2C=CC1C2.O=C(OCC1COCO1)C1CC2C=CC1C2. The van der Waals surface area contributed by atoms with E-state index in [1.54, 1.807) is 0 Å². The normalized spacial score (nSPS) is 39.2. The molecule has 8 heteroatoms. The van der Waals surface area contributed by atoms with Crippen LogP contribution in [0.3, 0.4) is 0 Å². The van der Waals surface area contributed by atoms with Gasteiger partial charge in [-0.3, -0.25) is 9.59 Å². The molecule has 8 nitrogen and oxygen atoms in total. The Balaban J connectivity index is 0.000000135. The van der Waals surface area contributed by atoms with Crippen molar-refractivity contribution in [3.8, 4) is 0 Å². The van der Waals surface area contributed by atoms with Gasteiger partial charge in [0.2, 0.25) is 0 Å². The van der Waals surface area contributed by atoms with E-state index < -0.39 is 0 Å². The Morgan fingerprint density at radius 3 is 1.91 bits per heavy atom. The van der Waals surface area contributed by atoms with Crippen LogP contribution in [0.4, 0.5) is 0 Å². The Morgan fingerprint density at radius 1 is 0.750 bits per heavy atom. The lowest BCUT2D eigenvalue weighted by Gasteiger charge is -2.25. The monoisotopic (exact) mass is 448 g/mol. The zero-order chi connectivity index (χ0) is 21.9. The highest BCUT2D eigenvalue weighted by Gasteiger charge is 2.42. The number of allylic oxidation sites excluding steroid dienone is 4. The molecule has 7 atom stereocenters. The molecular weight excluding hydrogens is 416 g/mol. The summed E-state index contributed by atoms with van der Waals surface area (Å²) in [4.78, 5) is 23.8. The van der Waals surface area contributed by atoms with Crippen LogP contribution in [0, 0.1) is 35.5 Å². The maximum absolute atomic E-state index is 11.9. The topological polar surface area (TPSA) is 89.5 Å². The molecule has 4 bridgehead atoms. The second kappa shape index (κ2) is 10.0. The Morgan fingerprint density at radius 2 is 1.38 bits per heavy atom. The molecule has 4 aliphatic carbocycles. The second-order valence-electron chi connectivity index (χ2n) is 9.60. The van der Waals surface area contributed by atoms with Crippen LogP contribution in [-0.2, 0) is 38.0 Å². The molecule has 0 radical (unpaired) electrons. The van der Waals surface area contributed by atoms with E-state index in [9.17, 15) is 9.59 Å². The highest BCUT2D eigenvalue weighted by atomic mass is 16.7. The lowest BCUT2D eigenvalue weighted by atomic mass is 9.94. The molecule has 2 heterocycles. The van der Waals surface area contributed by atoms with Crippen LogP contribution in [0.15, 0.2) is 24.3 Å². The van der Waals surface area contributed by atoms with Crippen molar-refractivity contribution in [3.63, 3.8) is 0 Å². The third kappa shape index (κ3) is 5.09. The summed E-state index contributed by atoms with van der Waals surface area (Å²) in [5.41, 5.74) is 0. The number of carbonyl (C=O) groups excluding carboxylic acids is 2. The smallest absolute Gasteiger partial charge is 0.309 e. The van der Waals surface area contributed by atoms with Crippen molar-refractivity contribution in [1.82, 2.24) is 0 Å². The van der Waals surface area contributed by atoms with Crippen molar-refractivity contribution >= 4 is 11.9 Å². The number of hydrogen-bond acceptors (Lipinski definition) is 8. The van der Waals surface area contributed by atoms with E-state index in [1.165, 1.54) is 0 Å². The van der Waals surface area contributed by atoms with Crippen LogP contribution in [-0.4, -0.2) is 64.2 Å². The fourth-order valence-electron chi connectivity index (χ4n) is 5.64. The quantitative estimate of drug-likeness (QED) is 0.467. The summed E-state index contributed by atoms with van der Waals surface area (Å²) in [6.45, 7) is 2.41. The van der Waals surface area contributed by atoms with Gasteiger partial charge in [0, 0.05) is 0 Å². The van der Waals surface area contributed by atoms with Gasteiger partial charge >= 0.3 is 11.9 Å². The van der Waals surface area contributed by atoms with E-state index in [0.717, 1.165) is 25.7 Å². The van der Waals surface area contributed by atoms with Crippen molar-refractivity contribution in [1.29, 1.82) is 0 Å². The van der Waals surface area contributed by atoms with E-state index in [-0.39, 0.29) is 36.0 Å². The minimum Gasteiger partial charge on any atom is -0.463 e. The molecule has 6 rings (SSSR count). The Kier molecular flexibility index (Phi) is 6.92. The molecule has 176 valence electrons. The first-order valence-electron chi connectivity index (χ1n) is 11.7. The number of fused-ring (bicyclic) bond motifs is 4. The first-order valence-corrected chi connectivity index (χ1v) is 11.7. The zero-order valence-corrected chi connectivity index (χ0v) is 18.3. The molecule has 2 saturated heterocycles. The molecular formula is C24H32O8. The van der Waals surface area contributed by atoms with Crippen LogP contribution < -0.4 is 0 Å². The van der Waals surface area contributed by atoms with Gasteiger partial charge < -0.3 is 28.4 Å². The van der Waals surface area contributed by atoms with E-state index in [1.807, 2.05) is 0 Å². The highest BCUT2D eigenvalue weighted by molar-refractivity contribution is 5.74. The van der Waals surface area contributed by atoms with E-state index >= 15 is 0 Å². The zero-order valence-electron chi connectivity index (χ0n) is 18.3. The molecule has 2 saturated carbocycles. The van der Waals surface area contributed by atoms with Gasteiger partial charge in [-0.25, -0.2) is 0 Å². The van der Waals surface area contributed by atoms with Crippen LogP contribution >= 0.6 is 0 Å². The Hall–Kier alpha value is -1.74. The Bertz CT molecular complexity index is 736. The summed E-state index contributed by atoms with van der Waals surface area (Å²) >= 11 is 0. The van der Waals surface area contributed by atoms with Crippen LogP contribution in [0.1, 0.15) is 25.7 Å². The average Bonchev–Trinajstić information content (AvgIpc) is 3.65. The van der Waals surface area contributed by atoms with E-state index in [0.29, 0.717) is 63.7 Å². The molecule has 0 amide bonds. The second-order valence-corrected chi connectivity index (χ2v) is 9.60. The van der Waals surface area contributed by atoms with Gasteiger partial charge in [0.05, 0.1) is 31.7 Å².